The summed E-state index contributed by atoms with van der Waals surface area (Å²) in [5.41, 5.74) is 0.598. The van der Waals surface area contributed by atoms with Gasteiger partial charge in [0.2, 0.25) is 5.91 Å². The van der Waals surface area contributed by atoms with Gasteiger partial charge in [-0.3, -0.25) is 19.7 Å². The lowest BCUT2D eigenvalue weighted by molar-refractivity contribution is -0.384. The molecule has 7 heteroatoms. The summed E-state index contributed by atoms with van der Waals surface area (Å²) in [5, 5.41) is 22.0. The first-order valence-corrected chi connectivity index (χ1v) is 6.54. The molecular weight excluding hydrogens is 276 g/mol. The van der Waals surface area contributed by atoms with Gasteiger partial charge in [-0.25, -0.2) is 0 Å². The van der Waals surface area contributed by atoms with Crippen molar-refractivity contribution >= 4 is 17.6 Å². The zero-order valence-electron chi connectivity index (χ0n) is 11.9. The van der Waals surface area contributed by atoms with Crippen LogP contribution in [-0.2, 0) is 16.0 Å². The molecule has 0 spiro atoms. The van der Waals surface area contributed by atoms with E-state index in [0.717, 1.165) is 0 Å². The van der Waals surface area contributed by atoms with Gasteiger partial charge >= 0.3 is 5.97 Å². The highest BCUT2D eigenvalue weighted by Gasteiger charge is 2.19. The van der Waals surface area contributed by atoms with Crippen LogP contribution in [-0.4, -0.2) is 27.9 Å². The summed E-state index contributed by atoms with van der Waals surface area (Å²) in [6, 6.07) is 5.26. The highest BCUT2D eigenvalue weighted by atomic mass is 16.6. The van der Waals surface area contributed by atoms with Crippen molar-refractivity contribution in [2.24, 2.45) is 5.92 Å². The van der Waals surface area contributed by atoms with Gasteiger partial charge in [0.15, 0.2) is 0 Å². The summed E-state index contributed by atoms with van der Waals surface area (Å²) in [6.45, 7) is 3.67. The fourth-order valence-corrected chi connectivity index (χ4v) is 1.82. The molecule has 0 heterocycles. The lowest BCUT2D eigenvalue weighted by atomic mass is 10.0. The van der Waals surface area contributed by atoms with Crippen molar-refractivity contribution in [2.45, 2.75) is 32.7 Å². The van der Waals surface area contributed by atoms with E-state index >= 15 is 0 Å². The molecule has 0 aliphatic rings. The van der Waals surface area contributed by atoms with Gasteiger partial charge in [0, 0.05) is 18.2 Å². The van der Waals surface area contributed by atoms with Gasteiger partial charge in [-0.05, 0) is 11.5 Å². The summed E-state index contributed by atoms with van der Waals surface area (Å²) in [5.74, 6) is -1.27. The molecule has 0 radical (unpaired) electrons. The quantitative estimate of drug-likeness (QED) is 0.588. The summed E-state index contributed by atoms with van der Waals surface area (Å²) in [6.07, 6.45) is -0.0789. The largest absolute Gasteiger partial charge is 0.481 e. The van der Waals surface area contributed by atoms with Crippen LogP contribution in [0.25, 0.3) is 0 Å². The number of carbonyl (C=O) groups is 2. The first kappa shape index (κ1) is 16.6. The number of amides is 1. The third-order valence-electron chi connectivity index (χ3n) is 3.06. The number of hydrogen-bond acceptors (Lipinski definition) is 4. The first-order chi connectivity index (χ1) is 9.79. The SMILES string of the molecule is CC(C)C(CC(=O)O)NC(=O)Cc1ccc([N+](=O)[O-])cc1. The molecule has 0 aliphatic heterocycles. The van der Waals surface area contributed by atoms with Gasteiger partial charge in [-0.1, -0.05) is 26.0 Å². The van der Waals surface area contributed by atoms with Gasteiger partial charge in [0.05, 0.1) is 17.8 Å². The second kappa shape index (κ2) is 7.37. The van der Waals surface area contributed by atoms with Crippen LogP contribution in [0.2, 0.25) is 0 Å². The number of rotatable bonds is 7. The van der Waals surface area contributed by atoms with E-state index in [1.54, 1.807) is 0 Å². The lowest BCUT2D eigenvalue weighted by Gasteiger charge is -2.20. The zero-order valence-corrected chi connectivity index (χ0v) is 11.9. The number of carbonyl (C=O) groups excluding carboxylic acids is 1. The fraction of sp³-hybridized carbons (Fsp3) is 0.429. The van der Waals surface area contributed by atoms with Crippen molar-refractivity contribution < 1.29 is 19.6 Å². The Balaban J connectivity index is 2.63. The molecule has 1 amide bonds. The molecule has 114 valence electrons. The van der Waals surface area contributed by atoms with Crippen LogP contribution in [0.15, 0.2) is 24.3 Å². The monoisotopic (exact) mass is 294 g/mol. The number of hydrogen-bond donors (Lipinski definition) is 2. The number of carboxylic acid groups (broad SMARTS) is 1. The Bertz CT molecular complexity index is 525. The minimum absolute atomic E-state index is 0.00177. The number of benzene rings is 1. The fourth-order valence-electron chi connectivity index (χ4n) is 1.82. The topological polar surface area (TPSA) is 110 Å². The van der Waals surface area contributed by atoms with E-state index in [4.69, 9.17) is 5.11 Å². The molecule has 0 saturated heterocycles. The van der Waals surface area contributed by atoms with E-state index in [2.05, 4.69) is 5.32 Å². The van der Waals surface area contributed by atoms with Crippen LogP contribution in [0.3, 0.4) is 0 Å². The molecule has 1 rings (SSSR count). The van der Waals surface area contributed by atoms with E-state index in [1.165, 1.54) is 24.3 Å². The molecule has 1 atom stereocenters. The predicted molar refractivity (Wildman–Crippen MR) is 75.8 cm³/mol. The Morgan fingerprint density at radius 3 is 2.29 bits per heavy atom. The van der Waals surface area contributed by atoms with Crippen LogP contribution in [0.4, 0.5) is 5.69 Å². The molecule has 1 aromatic rings. The second-order valence-corrected chi connectivity index (χ2v) is 5.12. The molecule has 0 saturated carbocycles. The average molecular weight is 294 g/mol. The maximum absolute atomic E-state index is 11.9. The van der Waals surface area contributed by atoms with Crippen LogP contribution in [0, 0.1) is 16.0 Å². The molecule has 7 nitrogen and oxygen atoms in total. The van der Waals surface area contributed by atoms with Crippen molar-refractivity contribution in [3.8, 4) is 0 Å². The molecule has 0 aliphatic carbocycles. The summed E-state index contributed by atoms with van der Waals surface area (Å²) < 4.78 is 0. The number of non-ortho nitro benzene ring substituents is 1. The third kappa shape index (κ3) is 5.60. The van der Waals surface area contributed by atoms with Crippen LogP contribution >= 0.6 is 0 Å². The van der Waals surface area contributed by atoms with Crippen molar-refractivity contribution in [1.29, 1.82) is 0 Å². The third-order valence-corrected chi connectivity index (χ3v) is 3.06. The summed E-state index contributed by atoms with van der Waals surface area (Å²) in [4.78, 5) is 32.6. The molecular formula is C14H18N2O5. The van der Waals surface area contributed by atoms with Crippen molar-refractivity contribution in [2.75, 3.05) is 0 Å². The number of nitrogens with one attached hydrogen (secondary N) is 1. The Morgan fingerprint density at radius 2 is 1.86 bits per heavy atom. The van der Waals surface area contributed by atoms with Crippen molar-refractivity contribution in [3.63, 3.8) is 0 Å². The molecule has 1 unspecified atom stereocenters. The Kier molecular flexibility index (Phi) is 5.83. The molecule has 2 N–H and O–H groups in total. The highest BCUT2D eigenvalue weighted by Crippen LogP contribution is 2.13. The smallest absolute Gasteiger partial charge is 0.305 e. The van der Waals surface area contributed by atoms with Gasteiger partial charge in [-0.2, -0.15) is 0 Å². The standard InChI is InChI=1S/C14H18N2O5/c1-9(2)12(8-14(18)19)15-13(17)7-10-3-5-11(6-4-10)16(20)21/h3-6,9,12H,7-8H2,1-2H3,(H,15,17)(H,18,19). The molecule has 21 heavy (non-hydrogen) atoms. The number of nitro benzene ring substituents is 1. The summed E-state index contributed by atoms with van der Waals surface area (Å²) in [7, 11) is 0. The molecule has 0 fully saturated rings. The Hall–Kier alpha value is -2.44. The van der Waals surface area contributed by atoms with E-state index in [-0.39, 0.29) is 30.4 Å². The average Bonchev–Trinajstić information content (AvgIpc) is 2.37. The van der Waals surface area contributed by atoms with Crippen LogP contribution in [0.1, 0.15) is 25.8 Å². The highest BCUT2D eigenvalue weighted by molar-refractivity contribution is 5.79. The van der Waals surface area contributed by atoms with Gasteiger partial charge in [0.1, 0.15) is 0 Å². The van der Waals surface area contributed by atoms with Crippen LogP contribution in [0.5, 0.6) is 0 Å². The molecule has 1 aromatic carbocycles. The minimum atomic E-state index is -0.968. The number of carboxylic acids is 1. The number of aliphatic carboxylic acids is 1. The van der Waals surface area contributed by atoms with Crippen LogP contribution < -0.4 is 5.32 Å². The Labute approximate surface area is 122 Å². The lowest BCUT2D eigenvalue weighted by Crippen LogP contribution is -2.40. The normalized spacial score (nSPS) is 12.0. The van der Waals surface area contributed by atoms with Gasteiger partial charge < -0.3 is 10.4 Å². The molecule has 0 aromatic heterocycles. The predicted octanol–water partition coefficient (Wildman–Crippen LogP) is 1.75. The molecule has 0 bridgehead atoms. The van der Waals surface area contributed by atoms with Crippen molar-refractivity contribution in [3.05, 3.63) is 39.9 Å². The van der Waals surface area contributed by atoms with Gasteiger partial charge in [-0.15, -0.1) is 0 Å². The van der Waals surface area contributed by atoms with Gasteiger partial charge in [0.25, 0.3) is 5.69 Å². The van der Waals surface area contributed by atoms with E-state index in [9.17, 15) is 19.7 Å². The zero-order chi connectivity index (χ0) is 16.0. The second-order valence-electron chi connectivity index (χ2n) is 5.12. The minimum Gasteiger partial charge on any atom is -0.481 e. The first-order valence-electron chi connectivity index (χ1n) is 6.54. The number of nitrogens with zero attached hydrogens (tertiary/aromatic N) is 1. The van der Waals surface area contributed by atoms with E-state index < -0.39 is 16.9 Å². The summed E-state index contributed by atoms with van der Waals surface area (Å²) >= 11 is 0. The maximum atomic E-state index is 11.9. The van der Waals surface area contributed by atoms with Crippen molar-refractivity contribution in [1.82, 2.24) is 5.32 Å². The van der Waals surface area contributed by atoms with E-state index in [0.29, 0.717) is 5.56 Å². The maximum Gasteiger partial charge on any atom is 0.305 e. The Morgan fingerprint density at radius 1 is 1.29 bits per heavy atom. The number of nitro groups is 1. The van der Waals surface area contributed by atoms with E-state index in [1.807, 2.05) is 13.8 Å².